The lowest BCUT2D eigenvalue weighted by Gasteiger charge is -2.11. The van der Waals surface area contributed by atoms with E-state index in [-0.39, 0.29) is 17.9 Å². The molecule has 17 heavy (non-hydrogen) atoms. The number of benzene rings is 1. The van der Waals surface area contributed by atoms with Crippen molar-refractivity contribution in [1.82, 2.24) is 4.98 Å². The van der Waals surface area contributed by atoms with Crippen LogP contribution in [0.1, 0.15) is 12.8 Å². The van der Waals surface area contributed by atoms with Crippen molar-refractivity contribution >= 4 is 39.1 Å². The Balaban J connectivity index is 0.00000108. The highest BCUT2D eigenvalue weighted by Gasteiger charge is 2.18. The third kappa shape index (κ3) is 2.21. The highest BCUT2D eigenvalue weighted by molar-refractivity contribution is 7.22. The molecule has 1 aliphatic heterocycles. The summed E-state index contributed by atoms with van der Waals surface area (Å²) >= 11 is 1.36. The van der Waals surface area contributed by atoms with Crippen LogP contribution in [0.15, 0.2) is 12.1 Å². The minimum atomic E-state index is -0.573. The summed E-state index contributed by atoms with van der Waals surface area (Å²) in [6.07, 6.45) is 2.29. The number of fused-ring (bicyclic) bond motifs is 1. The summed E-state index contributed by atoms with van der Waals surface area (Å²) in [6.45, 7) is 1.92. The van der Waals surface area contributed by atoms with E-state index in [9.17, 15) is 8.78 Å². The second-order valence-corrected chi connectivity index (χ2v) is 4.93. The Morgan fingerprint density at radius 3 is 2.59 bits per heavy atom. The molecule has 6 heteroatoms. The zero-order chi connectivity index (χ0) is 11.1. The first-order chi connectivity index (χ1) is 7.74. The number of hydrogen-bond donors (Lipinski definition) is 0. The maximum absolute atomic E-state index is 13.4. The van der Waals surface area contributed by atoms with Crippen molar-refractivity contribution < 1.29 is 8.78 Å². The molecule has 1 aromatic heterocycles. The number of rotatable bonds is 1. The van der Waals surface area contributed by atoms with Gasteiger partial charge in [0.05, 0.1) is 4.70 Å². The second-order valence-electron chi connectivity index (χ2n) is 3.92. The molecule has 0 unspecified atom stereocenters. The van der Waals surface area contributed by atoms with E-state index in [2.05, 4.69) is 9.88 Å². The Morgan fingerprint density at radius 2 is 1.88 bits per heavy atom. The topological polar surface area (TPSA) is 16.1 Å². The van der Waals surface area contributed by atoms with E-state index in [0.717, 1.165) is 37.1 Å². The molecule has 0 saturated carbocycles. The molecule has 1 aliphatic rings. The van der Waals surface area contributed by atoms with Crippen LogP contribution < -0.4 is 4.90 Å². The van der Waals surface area contributed by atoms with Crippen LogP contribution in [0.25, 0.3) is 10.2 Å². The van der Waals surface area contributed by atoms with Crippen LogP contribution in [0.3, 0.4) is 0 Å². The summed E-state index contributed by atoms with van der Waals surface area (Å²) in [7, 11) is 0. The molecule has 0 N–H and O–H groups in total. The Morgan fingerprint density at radius 1 is 1.18 bits per heavy atom. The number of hydrogen-bond acceptors (Lipinski definition) is 3. The molecule has 0 spiro atoms. The first-order valence-electron chi connectivity index (χ1n) is 5.24. The molecule has 3 rings (SSSR count). The van der Waals surface area contributed by atoms with Gasteiger partial charge in [-0.05, 0) is 18.9 Å². The van der Waals surface area contributed by atoms with Crippen molar-refractivity contribution in [2.24, 2.45) is 0 Å². The third-order valence-corrected chi connectivity index (χ3v) is 3.84. The minimum absolute atomic E-state index is 0. The normalized spacial score (nSPS) is 15.3. The van der Waals surface area contributed by atoms with Crippen LogP contribution in [-0.4, -0.2) is 18.1 Å². The predicted octanol–water partition coefficient (Wildman–Crippen LogP) is 3.60. The molecule has 0 radical (unpaired) electrons. The van der Waals surface area contributed by atoms with E-state index in [4.69, 9.17) is 0 Å². The van der Waals surface area contributed by atoms with Crippen molar-refractivity contribution in [2.45, 2.75) is 12.8 Å². The van der Waals surface area contributed by atoms with E-state index in [1.54, 1.807) is 0 Å². The molecule has 1 aromatic carbocycles. The number of halogens is 3. The van der Waals surface area contributed by atoms with E-state index in [1.807, 2.05) is 0 Å². The van der Waals surface area contributed by atoms with Gasteiger partial charge in [0.25, 0.3) is 0 Å². The van der Waals surface area contributed by atoms with Crippen molar-refractivity contribution in [1.29, 1.82) is 0 Å². The lowest BCUT2D eigenvalue weighted by atomic mass is 10.3. The fourth-order valence-corrected chi connectivity index (χ4v) is 3.05. The summed E-state index contributed by atoms with van der Waals surface area (Å²) in [5.74, 6) is -1.11. The fraction of sp³-hybridized carbons (Fsp3) is 0.364. The second kappa shape index (κ2) is 4.74. The van der Waals surface area contributed by atoms with Crippen LogP contribution in [0.4, 0.5) is 13.9 Å². The summed E-state index contributed by atoms with van der Waals surface area (Å²) in [6, 6.07) is 2.23. The summed E-state index contributed by atoms with van der Waals surface area (Å²) < 4.78 is 27.0. The Labute approximate surface area is 108 Å². The first kappa shape index (κ1) is 12.5. The molecule has 92 valence electrons. The van der Waals surface area contributed by atoms with Crippen molar-refractivity contribution in [3.8, 4) is 0 Å². The lowest BCUT2D eigenvalue weighted by Crippen LogP contribution is -2.16. The molecular formula is C11H11ClF2N2S. The minimum Gasteiger partial charge on any atom is -0.348 e. The van der Waals surface area contributed by atoms with Crippen LogP contribution >= 0.6 is 23.7 Å². The number of aromatic nitrogens is 1. The largest absolute Gasteiger partial charge is 0.348 e. The molecule has 0 bridgehead atoms. The molecule has 2 heterocycles. The molecule has 2 aromatic rings. The van der Waals surface area contributed by atoms with Gasteiger partial charge < -0.3 is 4.90 Å². The van der Waals surface area contributed by atoms with Gasteiger partial charge in [-0.25, -0.2) is 13.8 Å². The van der Waals surface area contributed by atoms with E-state index in [1.165, 1.54) is 17.4 Å². The van der Waals surface area contributed by atoms with Crippen LogP contribution in [0.5, 0.6) is 0 Å². The average molecular weight is 277 g/mol. The van der Waals surface area contributed by atoms with Crippen LogP contribution in [0.2, 0.25) is 0 Å². The van der Waals surface area contributed by atoms with Gasteiger partial charge in [0.15, 0.2) is 10.9 Å². The van der Waals surface area contributed by atoms with Gasteiger partial charge in [-0.1, -0.05) is 11.3 Å². The Bertz CT molecular complexity index is 537. The Kier molecular flexibility index (Phi) is 3.49. The van der Waals surface area contributed by atoms with Crippen LogP contribution in [0, 0.1) is 11.6 Å². The molecule has 0 atom stereocenters. The SMILES string of the molecule is Cl.Fc1cc(F)c2nc(N3CCCC3)sc2c1. The highest BCUT2D eigenvalue weighted by atomic mass is 35.5. The quantitative estimate of drug-likeness (QED) is 0.791. The van der Waals surface area contributed by atoms with Gasteiger partial charge in [-0.2, -0.15) is 0 Å². The van der Waals surface area contributed by atoms with Gasteiger partial charge in [0.2, 0.25) is 0 Å². The zero-order valence-electron chi connectivity index (χ0n) is 8.95. The molecule has 0 aliphatic carbocycles. The summed E-state index contributed by atoms with van der Waals surface area (Å²) in [5, 5.41) is 0.803. The molecule has 1 saturated heterocycles. The van der Waals surface area contributed by atoms with Gasteiger partial charge in [-0.15, -0.1) is 12.4 Å². The number of anilines is 1. The Hall–Kier alpha value is -0.940. The standard InChI is InChI=1S/C11H10F2N2S.ClH/c12-7-5-8(13)10-9(6-7)16-11(14-10)15-3-1-2-4-15;/h5-6H,1-4H2;1H. The smallest absolute Gasteiger partial charge is 0.186 e. The van der Waals surface area contributed by atoms with Crippen molar-refractivity contribution in [2.75, 3.05) is 18.0 Å². The number of thiazole rings is 1. The van der Waals surface area contributed by atoms with E-state index >= 15 is 0 Å². The maximum Gasteiger partial charge on any atom is 0.186 e. The van der Waals surface area contributed by atoms with Crippen molar-refractivity contribution in [3.05, 3.63) is 23.8 Å². The lowest BCUT2D eigenvalue weighted by molar-refractivity contribution is 0.591. The maximum atomic E-state index is 13.4. The predicted molar refractivity (Wildman–Crippen MR) is 68.2 cm³/mol. The first-order valence-corrected chi connectivity index (χ1v) is 6.06. The molecule has 0 amide bonds. The van der Waals surface area contributed by atoms with Gasteiger partial charge >= 0.3 is 0 Å². The zero-order valence-corrected chi connectivity index (χ0v) is 10.6. The van der Waals surface area contributed by atoms with E-state index in [0.29, 0.717) is 4.70 Å². The summed E-state index contributed by atoms with van der Waals surface area (Å²) in [5.41, 5.74) is 0.285. The molecule has 2 nitrogen and oxygen atoms in total. The van der Waals surface area contributed by atoms with Crippen molar-refractivity contribution in [3.63, 3.8) is 0 Å². The average Bonchev–Trinajstić information content (AvgIpc) is 2.82. The van der Waals surface area contributed by atoms with Gasteiger partial charge in [0.1, 0.15) is 11.3 Å². The van der Waals surface area contributed by atoms with Gasteiger partial charge in [-0.3, -0.25) is 0 Å². The number of nitrogens with zero attached hydrogens (tertiary/aromatic N) is 2. The highest BCUT2D eigenvalue weighted by Crippen LogP contribution is 2.32. The monoisotopic (exact) mass is 276 g/mol. The van der Waals surface area contributed by atoms with Crippen LogP contribution in [-0.2, 0) is 0 Å². The fourth-order valence-electron chi connectivity index (χ4n) is 1.99. The molecular weight excluding hydrogens is 266 g/mol. The van der Waals surface area contributed by atoms with Gasteiger partial charge in [0, 0.05) is 19.2 Å². The third-order valence-electron chi connectivity index (χ3n) is 2.78. The van der Waals surface area contributed by atoms with E-state index < -0.39 is 11.6 Å². The molecule has 1 fully saturated rings. The summed E-state index contributed by atoms with van der Waals surface area (Å²) in [4.78, 5) is 6.37.